The van der Waals surface area contributed by atoms with Crippen LogP contribution < -0.4 is 10.3 Å². The van der Waals surface area contributed by atoms with Gasteiger partial charge in [-0.3, -0.25) is 14.2 Å². The summed E-state index contributed by atoms with van der Waals surface area (Å²) in [6.45, 7) is 1.55. The van der Waals surface area contributed by atoms with E-state index in [1.54, 1.807) is 29.9 Å². The molecular weight excluding hydrogens is 392 g/mol. The Morgan fingerprint density at radius 1 is 1.29 bits per heavy atom. The summed E-state index contributed by atoms with van der Waals surface area (Å²) in [6.07, 6.45) is 5.43. The van der Waals surface area contributed by atoms with Crippen LogP contribution in [-0.4, -0.2) is 28.2 Å². The van der Waals surface area contributed by atoms with Crippen LogP contribution in [0.5, 0.6) is 5.75 Å². The molecule has 0 saturated carbocycles. The quantitative estimate of drug-likeness (QED) is 0.352. The van der Waals surface area contributed by atoms with Gasteiger partial charge in [-0.05, 0) is 50.3 Å². The van der Waals surface area contributed by atoms with Gasteiger partial charge in [-0.1, -0.05) is 24.2 Å². The molecule has 0 fully saturated rings. The number of hydrogen-bond acceptors (Lipinski definition) is 6. The molecule has 146 valence electrons. The van der Waals surface area contributed by atoms with Crippen molar-refractivity contribution in [3.8, 4) is 11.4 Å². The Morgan fingerprint density at radius 2 is 2.11 bits per heavy atom. The highest BCUT2D eigenvalue weighted by Gasteiger charge is 2.22. The number of nitrogens with zero attached hydrogens (tertiary/aromatic N) is 2. The van der Waals surface area contributed by atoms with Crippen molar-refractivity contribution in [2.24, 2.45) is 0 Å². The number of carbonyl (C=O) groups is 1. The van der Waals surface area contributed by atoms with Gasteiger partial charge in [0.2, 0.25) is 0 Å². The van der Waals surface area contributed by atoms with E-state index in [1.807, 2.05) is 24.3 Å². The molecule has 1 aliphatic rings. The van der Waals surface area contributed by atoms with Crippen molar-refractivity contribution in [1.29, 1.82) is 0 Å². The average molecular weight is 415 g/mol. The monoisotopic (exact) mass is 414 g/mol. The fraction of sp³-hybridized carbons (Fsp3) is 0.381. The Bertz CT molecular complexity index is 1100. The first-order valence-corrected chi connectivity index (χ1v) is 11.2. The number of benzene rings is 1. The lowest BCUT2D eigenvalue weighted by Gasteiger charge is -2.13. The number of ether oxygens (including phenoxy) is 1. The van der Waals surface area contributed by atoms with Crippen LogP contribution in [0.3, 0.4) is 0 Å². The van der Waals surface area contributed by atoms with E-state index in [2.05, 4.69) is 0 Å². The average Bonchev–Trinajstić information content (AvgIpc) is 2.88. The Kier molecular flexibility index (Phi) is 5.55. The van der Waals surface area contributed by atoms with Crippen molar-refractivity contribution >= 4 is 39.1 Å². The van der Waals surface area contributed by atoms with E-state index in [9.17, 15) is 9.59 Å². The molecule has 0 amide bonds. The SMILES string of the molecule is COc1cccc(-n2c(SCC(C)=O)nc3sc4c(c3c2=O)CCCCC4)c1. The molecule has 7 heteroatoms. The zero-order valence-electron chi connectivity index (χ0n) is 16.0. The second-order valence-electron chi connectivity index (χ2n) is 6.97. The van der Waals surface area contributed by atoms with E-state index in [1.165, 1.54) is 28.6 Å². The molecule has 0 spiro atoms. The molecule has 0 N–H and O–H groups in total. The molecule has 1 aromatic carbocycles. The van der Waals surface area contributed by atoms with E-state index < -0.39 is 0 Å². The lowest BCUT2D eigenvalue weighted by Crippen LogP contribution is -2.22. The zero-order chi connectivity index (χ0) is 19.7. The number of Topliss-reactive ketones (excluding diaryl/α,β-unsaturated/α-hetero) is 1. The summed E-state index contributed by atoms with van der Waals surface area (Å²) < 4.78 is 6.97. The van der Waals surface area contributed by atoms with Gasteiger partial charge in [-0.2, -0.15) is 0 Å². The van der Waals surface area contributed by atoms with Crippen LogP contribution in [0.1, 0.15) is 36.6 Å². The molecule has 0 saturated heterocycles. The molecule has 5 nitrogen and oxygen atoms in total. The molecule has 0 bridgehead atoms. The third-order valence-corrected chi connectivity index (χ3v) is 7.19. The minimum atomic E-state index is -0.0521. The predicted octanol–water partition coefficient (Wildman–Crippen LogP) is 4.41. The molecule has 28 heavy (non-hydrogen) atoms. The van der Waals surface area contributed by atoms with Gasteiger partial charge < -0.3 is 4.74 Å². The maximum atomic E-state index is 13.6. The standard InChI is InChI=1S/C21H22N2O3S2/c1-13(24)12-27-21-22-19-18(16-9-4-3-5-10-17(16)28-19)20(25)23(21)14-7-6-8-15(11-14)26-2/h6-8,11H,3-5,9-10,12H2,1-2H3. The third kappa shape index (κ3) is 3.61. The van der Waals surface area contributed by atoms with Gasteiger partial charge in [0, 0.05) is 10.9 Å². The summed E-state index contributed by atoms with van der Waals surface area (Å²) >= 11 is 2.95. The molecule has 0 atom stereocenters. The van der Waals surface area contributed by atoms with E-state index >= 15 is 0 Å². The second-order valence-corrected chi connectivity index (χ2v) is 9.00. The van der Waals surface area contributed by atoms with Crippen LogP contribution in [0.2, 0.25) is 0 Å². The molecule has 2 aromatic heterocycles. The number of thioether (sulfide) groups is 1. The number of fused-ring (bicyclic) bond motifs is 3. The molecule has 4 rings (SSSR count). The number of methoxy groups -OCH3 is 1. The minimum Gasteiger partial charge on any atom is -0.497 e. The summed E-state index contributed by atoms with van der Waals surface area (Å²) in [6, 6.07) is 7.41. The third-order valence-electron chi connectivity index (χ3n) is 4.92. The van der Waals surface area contributed by atoms with Gasteiger partial charge in [0.1, 0.15) is 16.4 Å². The molecule has 0 aliphatic heterocycles. The lowest BCUT2D eigenvalue weighted by molar-refractivity contribution is -0.114. The smallest absolute Gasteiger partial charge is 0.267 e. The maximum Gasteiger partial charge on any atom is 0.267 e. The Labute approximate surface area is 171 Å². The number of thiophene rings is 1. The molecule has 0 radical (unpaired) electrons. The van der Waals surface area contributed by atoms with Crippen LogP contribution in [0.15, 0.2) is 34.2 Å². The Hall–Kier alpha value is -2.12. The highest BCUT2D eigenvalue weighted by atomic mass is 32.2. The summed E-state index contributed by atoms with van der Waals surface area (Å²) in [4.78, 5) is 32.1. The van der Waals surface area contributed by atoms with Gasteiger partial charge >= 0.3 is 0 Å². The number of ketones is 1. The van der Waals surface area contributed by atoms with Gasteiger partial charge in [-0.25, -0.2) is 4.98 Å². The normalized spacial score (nSPS) is 13.9. The van der Waals surface area contributed by atoms with Crippen molar-refractivity contribution in [1.82, 2.24) is 9.55 Å². The molecule has 0 unspecified atom stereocenters. The summed E-state index contributed by atoms with van der Waals surface area (Å²) in [5.41, 5.74) is 1.83. The van der Waals surface area contributed by atoms with Gasteiger partial charge in [0.05, 0.1) is 23.9 Å². The molecule has 1 aliphatic carbocycles. The van der Waals surface area contributed by atoms with Crippen LogP contribution in [0.25, 0.3) is 15.9 Å². The highest BCUT2D eigenvalue weighted by molar-refractivity contribution is 7.99. The van der Waals surface area contributed by atoms with Crippen LogP contribution in [-0.2, 0) is 17.6 Å². The zero-order valence-corrected chi connectivity index (χ0v) is 17.6. The largest absolute Gasteiger partial charge is 0.497 e. The lowest BCUT2D eigenvalue weighted by atomic mass is 10.1. The van der Waals surface area contributed by atoms with Crippen molar-refractivity contribution in [3.63, 3.8) is 0 Å². The topological polar surface area (TPSA) is 61.2 Å². The first-order valence-electron chi connectivity index (χ1n) is 9.42. The summed E-state index contributed by atoms with van der Waals surface area (Å²) in [5, 5.41) is 1.30. The molecular formula is C21H22N2O3S2. The van der Waals surface area contributed by atoms with Gasteiger partial charge in [0.25, 0.3) is 5.56 Å². The highest BCUT2D eigenvalue weighted by Crippen LogP contribution is 2.34. The minimum absolute atomic E-state index is 0.0521. The first kappa shape index (κ1) is 19.2. The maximum absolute atomic E-state index is 13.6. The van der Waals surface area contributed by atoms with Crippen molar-refractivity contribution in [2.75, 3.05) is 12.9 Å². The number of rotatable bonds is 5. The van der Waals surface area contributed by atoms with Crippen molar-refractivity contribution in [2.45, 2.75) is 44.2 Å². The predicted molar refractivity (Wildman–Crippen MR) is 114 cm³/mol. The van der Waals surface area contributed by atoms with E-state index in [0.717, 1.165) is 35.9 Å². The number of aryl methyl sites for hydroxylation is 2. The molecule has 2 heterocycles. The van der Waals surface area contributed by atoms with Gasteiger partial charge in [0.15, 0.2) is 5.16 Å². The molecule has 3 aromatic rings. The van der Waals surface area contributed by atoms with Crippen molar-refractivity contribution < 1.29 is 9.53 Å². The second kappa shape index (κ2) is 8.09. The number of carbonyl (C=O) groups excluding carboxylic acids is 1. The fourth-order valence-electron chi connectivity index (χ4n) is 3.60. The van der Waals surface area contributed by atoms with Crippen molar-refractivity contribution in [3.05, 3.63) is 45.1 Å². The van der Waals surface area contributed by atoms with E-state index in [-0.39, 0.29) is 17.1 Å². The summed E-state index contributed by atoms with van der Waals surface area (Å²) in [5.74, 6) is 1.02. The number of hydrogen-bond donors (Lipinski definition) is 0. The fourth-order valence-corrected chi connectivity index (χ4v) is 5.72. The Morgan fingerprint density at radius 3 is 2.89 bits per heavy atom. The summed E-state index contributed by atoms with van der Waals surface area (Å²) in [7, 11) is 1.60. The van der Waals surface area contributed by atoms with Crippen LogP contribution in [0.4, 0.5) is 0 Å². The van der Waals surface area contributed by atoms with Crippen LogP contribution in [0, 0.1) is 0 Å². The first-order chi connectivity index (χ1) is 13.6. The van der Waals surface area contributed by atoms with E-state index in [4.69, 9.17) is 9.72 Å². The van der Waals surface area contributed by atoms with Gasteiger partial charge in [-0.15, -0.1) is 11.3 Å². The Balaban J connectivity index is 1.97. The van der Waals surface area contributed by atoms with Crippen LogP contribution >= 0.6 is 23.1 Å². The van der Waals surface area contributed by atoms with E-state index in [0.29, 0.717) is 16.6 Å². The number of aromatic nitrogens is 2.